The number of methoxy groups -OCH3 is 2. The molecule has 0 saturated carbocycles. The Balaban J connectivity index is 1.27. The van der Waals surface area contributed by atoms with Gasteiger partial charge in [0.25, 0.3) is 5.91 Å². The van der Waals surface area contributed by atoms with Gasteiger partial charge in [0.15, 0.2) is 0 Å². The van der Waals surface area contributed by atoms with Crippen molar-refractivity contribution in [1.29, 1.82) is 0 Å². The van der Waals surface area contributed by atoms with Crippen LogP contribution in [0.1, 0.15) is 6.42 Å². The third kappa shape index (κ3) is 3.18. The molecule has 0 aliphatic carbocycles. The Morgan fingerprint density at radius 1 is 0.971 bits per heavy atom. The van der Waals surface area contributed by atoms with Gasteiger partial charge in [0.1, 0.15) is 17.5 Å². The zero-order chi connectivity index (χ0) is 24.3. The van der Waals surface area contributed by atoms with E-state index in [9.17, 15) is 14.4 Å². The van der Waals surface area contributed by atoms with E-state index in [0.29, 0.717) is 35.8 Å². The largest absolute Gasteiger partial charge is 0.497 e. The summed E-state index contributed by atoms with van der Waals surface area (Å²) in [5.41, 5.74) is 1.10. The number of amides is 5. The van der Waals surface area contributed by atoms with Crippen LogP contribution in [0.3, 0.4) is 0 Å². The van der Waals surface area contributed by atoms with E-state index >= 15 is 0 Å². The van der Waals surface area contributed by atoms with Crippen molar-refractivity contribution in [3.8, 4) is 11.5 Å². The second-order valence-electron chi connectivity index (χ2n) is 8.95. The van der Waals surface area contributed by atoms with Crippen LogP contribution in [-0.4, -0.2) is 66.7 Å². The molecule has 3 aliphatic heterocycles. The maximum Gasteiger partial charge on any atom is 0.332 e. The minimum atomic E-state index is -0.689. The lowest BCUT2D eigenvalue weighted by Crippen LogP contribution is -2.55. The van der Waals surface area contributed by atoms with Crippen LogP contribution in [0.4, 0.5) is 21.0 Å². The van der Waals surface area contributed by atoms with Crippen molar-refractivity contribution in [2.24, 2.45) is 0 Å². The lowest BCUT2D eigenvalue weighted by Gasteiger charge is -2.34. The Morgan fingerprint density at radius 2 is 1.69 bits per heavy atom. The van der Waals surface area contributed by atoms with Crippen LogP contribution in [0, 0.1) is 0 Å². The molecule has 9 nitrogen and oxygen atoms in total. The number of benzene rings is 3. The summed E-state index contributed by atoms with van der Waals surface area (Å²) in [4.78, 5) is 44.8. The SMILES string of the molecule is COc1cc(NC(=O)N2C[C@@H]3C[C@H]2[C@H]2C(=O)N(c4cccc5ccccc45)C(=O)N32)cc(OC)c1. The molecule has 1 N–H and O–H groups in total. The summed E-state index contributed by atoms with van der Waals surface area (Å²) in [6.07, 6.45) is 0.584. The number of hydrogen-bond acceptors (Lipinski definition) is 5. The van der Waals surface area contributed by atoms with E-state index in [2.05, 4.69) is 5.32 Å². The molecule has 3 atom stereocenters. The highest BCUT2D eigenvalue weighted by molar-refractivity contribution is 6.25. The van der Waals surface area contributed by atoms with E-state index in [1.165, 1.54) is 4.90 Å². The molecule has 3 saturated heterocycles. The van der Waals surface area contributed by atoms with Gasteiger partial charge in [-0.2, -0.15) is 0 Å². The van der Waals surface area contributed by atoms with Gasteiger partial charge in [0.05, 0.1) is 32.0 Å². The van der Waals surface area contributed by atoms with Crippen molar-refractivity contribution in [3.63, 3.8) is 0 Å². The molecule has 0 radical (unpaired) electrons. The van der Waals surface area contributed by atoms with Crippen molar-refractivity contribution >= 4 is 40.1 Å². The number of likely N-dealkylation sites (tertiary alicyclic amines) is 1. The minimum absolute atomic E-state index is 0.202. The first kappa shape index (κ1) is 21.3. The highest BCUT2D eigenvalue weighted by Gasteiger charge is 2.63. The zero-order valence-electron chi connectivity index (χ0n) is 19.3. The summed E-state index contributed by atoms with van der Waals surface area (Å²) in [7, 11) is 3.08. The summed E-state index contributed by atoms with van der Waals surface area (Å²) in [6, 6.07) is 16.5. The average Bonchev–Trinajstić information content (AvgIpc) is 3.54. The lowest BCUT2D eigenvalue weighted by molar-refractivity contribution is -0.120. The smallest absolute Gasteiger partial charge is 0.332 e. The molecule has 0 aromatic heterocycles. The molecule has 3 aliphatic rings. The average molecular weight is 473 g/mol. The molecule has 3 heterocycles. The van der Waals surface area contributed by atoms with Gasteiger partial charge in [-0.3, -0.25) is 4.79 Å². The van der Waals surface area contributed by atoms with Gasteiger partial charge < -0.3 is 24.6 Å². The Morgan fingerprint density at radius 3 is 2.43 bits per heavy atom. The van der Waals surface area contributed by atoms with Gasteiger partial charge in [-0.25, -0.2) is 14.5 Å². The van der Waals surface area contributed by atoms with Crippen LogP contribution in [0.5, 0.6) is 11.5 Å². The van der Waals surface area contributed by atoms with Crippen LogP contribution >= 0.6 is 0 Å². The summed E-state index contributed by atoms with van der Waals surface area (Å²) in [5.74, 6) is 0.812. The number of ether oxygens (including phenoxy) is 2. The second kappa shape index (κ2) is 7.90. The van der Waals surface area contributed by atoms with Crippen LogP contribution < -0.4 is 19.7 Å². The predicted octanol–water partition coefficient (Wildman–Crippen LogP) is 3.68. The van der Waals surface area contributed by atoms with E-state index in [1.807, 2.05) is 36.4 Å². The summed E-state index contributed by atoms with van der Waals surface area (Å²) < 4.78 is 10.6. The lowest BCUT2D eigenvalue weighted by atomic mass is 10.1. The van der Waals surface area contributed by atoms with Gasteiger partial charge in [-0.15, -0.1) is 0 Å². The van der Waals surface area contributed by atoms with Crippen molar-refractivity contribution in [2.75, 3.05) is 31.0 Å². The Hall–Kier alpha value is -4.27. The molecule has 0 spiro atoms. The van der Waals surface area contributed by atoms with Crippen LogP contribution in [0.25, 0.3) is 10.8 Å². The molecule has 9 heteroatoms. The third-order valence-corrected chi connectivity index (χ3v) is 7.14. The molecule has 3 aromatic carbocycles. The van der Waals surface area contributed by atoms with Gasteiger partial charge in [0, 0.05) is 35.8 Å². The van der Waals surface area contributed by atoms with Crippen LogP contribution in [-0.2, 0) is 4.79 Å². The summed E-state index contributed by atoms with van der Waals surface area (Å²) in [5, 5.41) is 4.68. The van der Waals surface area contributed by atoms with Crippen LogP contribution in [0.15, 0.2) is 60.7 Å². The Bertz CT molecular complexity index is 1350. The maximum absolute atomic E-state index is 13.6. The summed E-state index contributed by atoms with van der Waals surface area (Å²) >= 11 is 0. The fourth-order valence-electron chi connectivity index (χ4n) is 5.59. The first-order valence-corrected chi connectivity index (χ1v) is 11.4. The monoisotopic (exact) mass is 472 g/mol. The molecule has 35 heavy (non-hydrogen) atoms. The molecular formula is C26H24N4O5. The van der Waals surface area contributed by atoms with Crippen LogP contribution in [0.2, 0.25) is 0 Å². The van der Waals surface area contributed by atoms with E-state index in [-0.39, 0.29) is 30.1 Å². The predicted molar refractivity (Wildman–Crippen MR) is 130 cm³/mol. The van der Waals surface area contributed by atoms with Gasteiger partial charge in [-0.05, 0) is 17.9 Å². The minimum Gasteiger partial charge on any atom is -0.497 e. The maximum atomic E-state index is 13.6. The number of fused-ring (bicyclic) bond motifs is 6. The Kier molecular flexibility index (Phi) is 4.80. The standard InChI is InChI=1S/C26H24N4O5/c1-34-18-10-16(11-19(13-18)35-2)27-25(32)28-14-17-12-22(28)23-24(31)30(26(33)29(17)23)21-9-5-7-15-6-3-4-8-20(15)21/h3-11,13,17,22-23H,12,14H2,1-2H3,(H,27,32)/t17-,22-,23-/m0/s1. The van der Waals surface area contributed by atoms with Crippen molar-refractivity contribution in [2.45, 2.75) is 24.5 Å². The second-order valence-corrected chi connectivity index (χ2v) is 8.95. The van der Waals surface area contributed by atoms with Crippen molar-refractivity contribution < 1.29 is 23.9 Å². The zero-order valence-corrected chi connectivity index (χ0v) is 19.3. The van der Waals surface area contributed by atoms with E-state index in [1.54, 1.807) is 48.3 Å². The molecule has 3 fully saturated rings. The van der Waals surface area contributed by atoms with Crippen molar-refractivity contribution in [3.05, 3.63) is 60.7 Å². The quantitative estimate of drug-likeness (QED) is 0.585. The third-order valence-electron chi connectivity index (χ3n) is 7.14. The van der Waals surface area contributed by atoms with E-state index in [0.717, 1.165) is 10.8 Å². The van der Waals surface area contributed by atoms with Gasteiger partial charge >= 0.3 is 12.1 Å². The fourth-order valence-corrected chi connectivity index (χ4v) is 5.59. The number of carbonyl (C=O) groups excluding carboxylic acids is 3. The number of carbonyl (C=O) groups is 3. The van der Waals surface area contributed by atoms with Crippen molar-refractivity contribution in [1.82, 2.24) is 9.80 Å². The summed E-state index contributed by atoms with van der Waals surface area (Å²) in [6.45, 7) is 0.372. The number of imide groups is 1. The molecule has 6 rings (SSSR count). The number of nitrogens with zero attached hydrogens (tertiary/aromatic N) is 3. The highest BCUT2D eigenvalue weighted by Crippen LogP contribution is 2.43. The normalized spacial score (nSPS) is 22.7. The number of anilines is 2. The van der Waals surface area contributed by atoms with Gasteiger partial charge in [0.2, 0.25) is 0 Å². The Labute approximate surface area is 201 Å². The fraction of sp³-hybridized carbons (Fsp3) is 0.269. The highest BCUT2D eigenvalue weighted by atomic mass is 16.5. The number of piperazine rings is 1. The number of hydrogen-bond donors (Lipinski definition) is 1. The topological polar surface area (TPSA) is 91.4 Å². The first-order valence-electron chi connectivity index (χ1n) is 11.4. The molecule has 3 aromatic rings. The molecule has 2 bridgehead atoms. The van der Waals surface area contributed by atoms with E-state index < -0.39 is 6.04 Å². The number of nitrogens with one attached hydrogen (secondary N) is 1. The molecule has 5 amide bonds. The van der Waals surface area contributed by atoms with Gasteiger partial charge in [-0.1, -0.05) is 36.4 Å². The molecule has 178 valence electrons. The molecular weight excluding hydrogens is 448 g/mol. The number of urea groups is 2. The molecule has 0 unspecified atom stereocenters. The number of rotatable bonds is 4. The first-order chi connectivity index (χ1) is 17.0. The van der Waals surface area contributed by atoms with E-state index in [4.69, 9.17) is 9.47 Å².